The minimum Gasteiger partial charge on any atom is -0.417 e. The van der Waals surface area contributed by atoms with E-state index in [0.717, 1.165) is 24.3 Å². The largest absolute Gasteiger partial charge is 0.463 e. The zero-order valence-electron chi connectivity index (χ0n) is 30.1. The van der Waals surface area contributed by atoms with Crippen LogP contribution in [0.1, 0.15) is 156 Å². The maximum absolute atomic E-state index is 7.08. The fourth-order valence-corrected chi connectivity index (χ4v) is 7.91. The minimum absolute atomic E-state index is 0.0184. The SMILES string of the molecule is CC(C)[C@H]1CC[C@H](C)C[C@@H]1OP1Oc2c(cc(C(C)(C)C)cc2C(C)(C)C)Cc2cc(C(C)(C)C)cc(C(C)(C)C)c2O1. The van der Waals surface area contributed by atoms with Crippen LogP contribution < -0.4 is 9.05 Å². The van der Waals surface area contributed by atoms with E-state index in [9.17, 15) is 0 Å². The molecule has 3 nitrogen and oxygen atoms in total. The first kappa shape index (κ1) is 34.3. The summed E-state index contributed by atoms with van der Waals surface area (Å²) in [4.78, 5) is 0. The monoisotopic (exact) mass is 608 g/mol. The van der Waals surface area contributed by atoms with E-state index in [0.29, 0.717) is 17.8 Å². The van der Waals surface area contributed by atoms with Crippen LogP contribution in [0.15, 0.2) is 24.3 Å². The zero-order valence-corrected chi connectivity index (χ0v) is 31.0. The summed E-state index contributed by atoms with van der Waals surface area (Å²) in [6.45, 7) is 34.7. The Hall–Kier alpha value is -1.57. The number of hydrogen-bond donors (Lipinski definition) is 0. The fraction of sp³-hybridized carbons (Fsp3) is 0.692. The Kier molecular flexibility index (Phi) is 9.56. The van der Waals surface area contributed by atoms with E-state index in [1.807, 2.05) is 0 Å². The Bertz CT molecular complexity index is 1210. The lowest BCUT2D eigenvalue weighted by Gasteiger charge is -2.39. The van der Waals surface area contributed by atoms with E-state index in [4.69, 9.17) is 13.6 Å². The first-order valence-electron chi connectivity index (χ1n) is 16.7. The fourth-order valence-electron chi connectivity index (χ4n) is 6.60. The van der Waals surface area contributed by atoms with Crippen molar-refractivity contribution in [2.24, 2.45) is 17.8 Å². The smallest absolute Gasteiger partial charge is 0.417 e. The van der Waals surface area contributed by atoms with Crippen LogP contribution in [0, 0.1) is 17.8 Å². The standard InChI is InChI=1S/C39H61O3P/c1-24(2)30-17-16-25(3)18-33(30)40-43-41-34-26(20-28(36(4,5)6)22-31(34)38(10,11)12)19-27-21-29(37(7,8)9)23-32(35(27)42-43)39(13,14)15/h20-25,30,33H,16-19H2,1-15H3/t25-,30+,33-/m0/s1. The highest BCUT2D eigenvalue weighted by Crippen LogP contribution is 2.55. The van der Waals surface area contributed by atoms with Gasteiger partial charge in [0.2, 0.25) is 0 Å². The Morgan fingerprint density at radius 3 is 1.49 bits per heavy atom. The summed E-state index contributed by atoms with van der Waals surface area (Å²) in [7, 11) is -1.68. The molecule has 1 saturated carbocycles. The molecule has 0 unspecified atom stereocenters. The molecule has 1 heterocycles. The highest BCUT2D eigenvalue weighted by molar-refractivity contribution is 7.42. The second kappa shape index (κ2) is 12.0. The van der Waals surface area contributed by atoms with Gasteiger partial charge >= 0.3 is 8.60 Å². The van der Waals surface area contributed by atoms with Crippen LogP contribution in [0.3, 0.4) is 0 Å². The van der Waals surface area contributed by atoms with E-state index >= 15 is 0 Å². The lowest BCUT2D eigenvalue weighted by Crippen LogP contribution is -2.34. The van der Waals surface area contributed by atoms with Crippen LogP contribution in [0.4, 0.5) is 0 Å². The van der Waals surface area contributed by atoms with E-state index in [-0.39, 0.29) is 27.8 Å². The summed E-state index contributed by atoms with van der Waals surface area (Å²) in [6.07, 6.45) is 4.41. The molecule has 4 heteroatoms. The Morgan fingerprint density at radius 1 is 0.674 bits per heavy atom. The molecular formula is C39H61O3P. The van der Waals surface area contributed by atoms with Crippen molar-refractivity contribution in [2.45, 2.75) is 157 Å². The van der Waals surface area contributed by atoms with Crippen molar-refractivity contribution in [3.8, 4) is 11.5 Å². The van der Waals surface area contributed by atoms with Crippen molar-refractivity contribution in [3.05, 3.63) is 57.6 Å². The van der Waals surface area contributed by atoms with Gasteiger partial charge in [0.15, 0.2) is 0 Å². The Labute approximate surface area is 265 Å². The minimum atomic E-state index is -1.68. The van der Waals surface area contributed by atoms with E-state index < -0.39 is 8.60 Å². The number of rotatable bonds is 3. The third-order valence-electron chi connectivity index (χ3n) is 9.58. The quantitative estimate of drug-likeness (QED) is 0.324. The van der Waals surface area contributed by atoms with Crippen LogP contribution in [-0.2, 0) is 32.6 Å². The van der Waals surface area contributed by atoms with E-state index in [1.165, 1.54) is 46.2 Å². The van der Waals surface area contributed by atoms with Crippen molar-refractivity contribution in [1.29, 1.82) is 0 Å². The van der Waals surface area contributed by atoms with Gasteiger partial charge in [-0.3, -0.25) is 4.52 Å². The van der Waals surface area contributed by atoms with Gasteiger partial charge in [0.05, 0.1) is 6.10 Å². The van der Waals surface area contributed by atoms with Gasteiger partial charge in [-0.25, -0.2) is 0 Å². The van der Waals surface area contributed by atoms with Crippen molar-refractivity contribution >= 4 is 8.60 Å². The predicted molar refractivity (Wildman–Crippen MR) is 185 cm³/mol. The molecular weight excluding hydrogens is 547 g/mol. The predicted octanol–water partition coefficient (Wildman–Crippen LogP) is 11.9. The topological polar surface area (TPSA) is 27.7 Å². The molecule has 2 aromatic rings. The zero-order chi connectivity index (χ0) is 32.3. The number of fused-ring (bicyclic) bond motifs is 2. The molecule has 0 N–H and O–H groups in total. The van der Waals surface area contributed by atoms with Crippen molar-refractivity contribution in [3.63, 3.8) is 0 Å². The van der Waals surface area contributed by atoms with Gasteiger partial charge in [-0.2, -0.15) is 0 Å². The van der Waals surface area contributed by atoms with Crippen molar-refractivity contribution in [2.75, 3.05) is 0 Å². The lowest BCUT2D eigenvalue weighted by molar-refractivity contribution is 0.0392. The highest BCUT2D eigenvalue weighted by Gasteiger charge is 2.39. The Balaban J connectivity index is 1.99. The van der Waals surface area contributed by atoms with Crippen LogP contribution >= 0.6 is 8.60 Å². The molecule has 0 radical (unpaired) electrons. The molecule has 2 aromatic carbocycles. The molecule has 0 amide bonds. The lowest BCUT2D eigenvalue weighted by atomic mass is 9.75. The Morgan fingerprint density at radius 2 is 1.12 bits per heavy atom. The van der Waals surface area contributed by atoms with Crippen molar-refractivity contribution in [1.82, 2.24) is 0 Å². The molecule has 4 rings (SSSR count). The second-order valence-corrected chi connectivity index (χ2v) is 19.1. The average molecular weight is 609 g/mol. The van der Waals surface area contributed by atoms with Crippen LogP contribution in [0.25, 0.3) is 0 Å². The van der Waals surface area contributed by atoms with Gasteiger partial charge in [0, 0.05) is 17.5 Å². The maximum Gasteiger partial charge on any atom is 0.463 e. The van der Waals surface area contributed by atoms with Gasteiger partial charge in [0.1, 0.15) is 11.5 Å². The molecule has 43 heavy (non-hydrogen) atoms. The summed E-state index contributed by atoms with van der Waals surface area (Å²) in [5.41, 5.74) is 7.47. The van der Waals surface area contributed by atoms with Crippen LogP contribution in [0.2, 0.25) is 0 Å². The summed E-state index contributed by atoms with van der Waals surface area (Å²) in [5, 5.41) is 0. The summed E-state index contributed by atoms with van der Waals surface area (Å²) in [6, 6.07) is 9.54. The molecule has 0 aromatic heterocycles. The number of hydrogen-bond acceptors (Lipinski definition) is 3. The normalized spacial score (nSPS) is 22.3. The summed E-state index contributed by atoms with van der Waals surface area (Å²) >= 11 is 0. The second-order valence-electron chi connectivity index (χ2n) is 18.1. The van der Waals surface area contributed by atoms with Gasteiger partial charge < -0.3 is 9.05 Å². The molecule has 1 aliphatic heterocycles. The third-order valence-corrected chi connectivity index (χ3v) is 10.7. The van der Waals surface area contributed by atoms with E-state index in [1.54, 1.807) is 0 Å². The first-order valence-corrected chi connectivity index (χ1v) is 17.8. The molecule has 1 fully saturated rings. The summed E-state index contributed by atoms with van der Waals surface area (Å²) < 4.78 is 21.2. The molecule has 240 valence electrons. The number of benzene rings is 2. The molecule has 0 spiro atoms. The first-order chi connectivity index (χ1) is 19.6. The van der Waals surface area contributed by atoms with Gasteiger partial charge in [0.25, 0.3) is 0 Å². The molecule has 0 bridgehead atoms. The molecule has 2 aliphatic rings. The highest BCUT2D eigenvalue weighted by atomic mass is 31.2. The summed E-state index contributed by atoms with van der Waals surface area (Å²) in [5.74, 6) is 3.62. The van der Waals surface area contributed by atoms with Crippen LogP contribution in [0.5, 0.6) is 11.5 Å². The molecule has 1 aliphatic carbocycles. The molecule has 3 atom stereocenters. The van der Waals surface area contributed by atoms with Gasteiger partial charge in [-0.05, 0) is 74.5 Å². The van der Waals surface area contributed by atoms with Gasteiger partial charge in [-0.15, -0.1) is 0 Å². The average Bonchev–Trinajstić information content (AvgIpc) is 2.81. The maximum atomic E-state index is 7.08. The van der Waals surface area contributed by atoms with E-state index in [2.05, 4.69) is 128 Å². The third kappa shape index (κ3) is 7.81. The molecule has 0 saturated heterocycles. The van der Waals surface area contributed by atoms with Crippen LogP contribution in [-0.4, -0.2) is 6.10 Å². The van der Waals surface area contributed by atoms with Gasteiger partial charge in [-0.1, -0.05) is 135 Å². The van der Waals surface area contributed by atoms with Crippen molar-refractivity contribution < 1.29 is 13.6 Å².